The molecule has 0 bridgehead atoms. The smallest absolute Gasteiger partial charge is 0.338 e. The Balaban J connectivity index is 2.53. The van der Waals surface area contributed by atoms with Crippen molar-refractivity contribution in [1.82, 2.24) is 4.90 Å². The summed E-state index contributed by atoms with van der Waals surface area (Å²) in [5.41, 5.74) is 0.211. The van der Waals surface area contributed by atoms with Crippen molar-refractivity contribution in [1.29, 1.82) is 0 Å². The predicted molar refractivity (Wildman–Crippen MR) is 56.8 cm³/mol. The zero-order chi connectivity index (χ0) is 11.4. The van der Waals surface area contributed by atoms with Crippen molar-refractivity contribution < 1.29 is 14.3 Å². The summed E-state index contributed by atoms with van der Waals surface area (Å²) in [6.07, 6.45) is 1.28. The number of carbonyl (C=O) groups is 1. The predicted octanol–water partition coefficient (Wildman–Crippen LogP) is 2.07. The summed E-state index contributed by atoms with van der Waals surface area (Å²) >= 11 is 0. The molecule has 0 atom stereocenters. The van der Waals surface area contributed by atoms with E-state index in [1.54, 1.807) is 6.07 Å². The van der Waals surface area contributed by atoms with Gasteiger partial charge in [-0.15, -0.1) is 0 Å². The standard InChI is InChI=1S/C11H17NO3/c1-8(2)5-12(3)6-10-4-9(7-15-10)11(13)14/h4,7-8H,5-6H2,1-3H3,(H,13,14). The molecule has 0 aliphatic heterocycles. The van der Waals surface area contributed by atoms with Gasteiger partial charge in [0, 0.05) is 6.54 Å². The van der Waals surface area contributed by atoms with Crippen molar-refractivity contribution in [3.63, 3.8) is 0 Å². The van der Waals surface area contributed by atoms with Gasteiger partial charge in [-0.1, -0.05) is 13.8 Å². The van der Waals surface area contributed by atoms with Crippen molar-refractivity contribution in [2.45, 2.75) is 20.4 Å². The highest BCUT2D eigenvalue weighted by Gasteiger charge is 2.10. The van der Waals surface area contributed by atoms with Crippen LogP contribution in [-0.4, -0.2) is 29.6 Å². The van der Waals surface area contributed by atoms with Crippen LogP contribution in [0.1, 0.15) is 30.0 Å². The van der Waals surface area contributed by atoms with Gasteiger partial charge in [-0.25, -0.2) is 4.79 Å². The van der Waals surface area contributed by atoms with Gasteiger partial charge >= 0.3 is 5.97 Å². The highest BCUT2D eigenvalue weighted by atomic mass is 16.4. The molecule has 1 rings (SSSR count). The third kappa shape index (κ3) is 3.75. The molecule has 84 valence electrons. The number of nitrogens with zero attached hydrogens (tertiary/aromatic N) is 1. The van der Waals surface area contributed by atoms with E-state index in [1.807, 2.05) is 7.05 Å². The molecule has 1 aromatic heterocycles. The molecule has 1 N–H and O–H groups in total. The highest BCUT2D eigenvalue weighted by molar-refractivity contribution is 5.87. The van der Waals surface area contributed by atoms with Crippen LogP contribution in [0.2, 0.25) is 0 Å². The van der Waals surface area contributed by atoms with E-state index >= 15 is 0 Å². The number of rotatable bonds is 5. The van der Waals surface area contributed by atoms with Crippen LogP contribution in [0.5, 0.6) is 0 Å². The zero-order valence-electron chi connectivity index (χ0n) is 9.36. The molecular weight excluding hydrogens is 194 g/mol. The molecule has 4 nitrogen and oxygen atoms in total. The molecule has 0 radical (unpaired) electrons. The van der Waals surface area contributed by atoms with E-state index in [0.29, 0.717) is 18.2 Å². The van der Waals surface area contributed by atoms with E-state index in [0.717, 1.165) is 6.54 Å². The quantitative estimate of drug-likeness (QED) is 0.810. The van der Waals surface area contributed by atoms with Crippen molar-refractivity contribution in [3.8, 4) is 0 Å². The largest absolute Gasteiger partial charge is 0.478 e. The van der Waals surface area contributed by atoms with E-state index in [4.69, 9.17) is 9.52 Å². The molecule has 1 aromatic rings. The normalized spacial score (nSPS) is 11.3. The van der Waals surface area contributed by atoms with Crippen LogP contribution in [-0.2, 0) is 6.54 Å². The molecule has 0 aromatic carbocycles. The fourth-order valence-corrected chi connectivity index (χ4v) is 1.53. The number of furan rings is 1. The number of hydrogen-bond donors (Lipinski definition) is 1. The Morgan fingerprint density at radius 3 is 2.73 bits per heavy atom. The highest BCUT2D eigenvalue weighted by Crippen LogP contribution is 2.10. The number of aromatic carboxylic acids is 1. The van der Waals surface area contributed by atoms with Crippen molar-refractivity contribution >= 4 is 5.97 Å². The van der Waals surface area contributed by atoms with Crippen LogP contribution >= 0.6 is 0 Å². The molecule has 15 heavy (non-hydrogen) atoms. The fraction of sp³-hybridized carbons (Fsp3) is 0.545. The van der Waals surface area contributed by atoms with Crippen molar-refractivity contribution in [3.05, 3.63) is 23.7 Å². The molecule has 0 aliphatic rings. The lowest BCUT2D eigenvalue weighted by Crippen LogP contribution is -2.22. The average Bonchev–Trinajstić information content (AvgIpc) is 2.50. The molecular formula is C11H17NO3. The third-order valence-corrected chi connectivity index (χ3v) is 2.00. The SMILES string of the molecule is CC(C)CN(C)Cc1cc(C(=O)O)co1. The van der Waals surface area contributed by atoms with Gasteiger partial charge in [-0.2, -0.15) is 0 Å². The van der Waals surface area contributed by atoms with Crippen LogP contribution in [0.25, 0.3) is 0 Å². The van der Waals surface area contributed by atoms with E-state index in [9.17, 15) is 4.79 Å². The van der Waals surface area contributed by atoms with E-state index < -0.39 is 5.97 Å². The van der Waals surface area contributed by atoms with Crippen molar-refractivity contribution in [2.24, 2.45) is 5.92 Å². The molecule has 0 aliphatic carbocycles. The van der Waals surface area contributed by atoms with Crippen LogP contribution in [0, 0.1) is 5.92 Å². The lowest BCUT2D eigenvalue weighted by Gasteiger charge is -2.17. The van der Waals surface area contributed by atoms with E-state index in [-0.39, 0.29) is 5.56 Å². The first-order chi connectivity index (χ1) is 6.99. The lowest BCUT2D eigenvalue weighted by molar-refractivity contribution is 0.0696. The summed E-state index contributed by atoms with van der Waals surface area (Å²) in [6.45, 7) is 5.89. The summed E-state index contributed by atoms with van der Waals surface area (Å²) in [4.78, 5) is 12.7. The molecule has 0 saturated carbocycles. The Morgan fingerprint density at radius 1 is 1.60 bits per heavy atom. The topological polar surface area (TPSA) is 53.7 Å². The van der Waals surface area contributed by atoms with Gasteiger partial charge in [-0.05, 0) is 19.0 Å². The fourth-order valence-electron chi connectivity index (χ4n) is 1.53. The Bertz CT molecular complexity index is 330. The minimum atomic E-state index is -0.948. The second-order valence-electron chi connectivity index (χ2n) is 4.20. The molecule has 0 spiro atoms. The lowest BCUT2D eigenvalue weighted by atomic mass is 10.2. The second kappa shape index (κ2) is 4.98. The summed E-state index contributed by atoms with van der Waals surface area (Å²) in [6, 6.07) is 1.57. The maximum atomic E-state index is 10.6. The van der Waals surface area contributed by atoms with Gasteiger partial charge in [0.2, 0.25) is 0 Å². The Hall–Kier alpha value is -1.29. The van der Waals surface area contributed by atoms with Gasteiger partial charge in [0.1, 0.15) is 12.0 Å². The molecule has 1 heterocycles. The maximum Gasteiger partial charge on any atom is 0.338 e. The van der Waals surface area contributed by atoms with Gasteiger partial charge < -0.3 is 9.52 Å². The van der Waals surface area contributed by atoms with Crippen molar-refractivity contribution in [2.75, 3.05) is 13.6 Å². The summed E-state index contributed by atoms with van der Waals surface area (Å²) in [5, 5.41) is 8.70. The summed E-state index contributed by atoms with van der Waals surface area (Å²) < 4.78 is 5.16. The minimum absolute atomic E-state index is 0.211. The second-order valence-corrected chi connectivity index (χ2v) is 4.20. The van der Waals surface area contributed by atoms with Crippen LogP contribution in [0.4, 0.5) is 0 Å². The van der Waals surface area contributed by atoms with Crippen LogP contribution < -0.4 is 0 Å². The number of carboxylic acids is 1. The van der Waals surface area contributed by atoms with Crippen LogP contribution in [0.3, 0.4) is 0 Å². The molecule has 0 amide bonds. The van der Waals surface area contributed by atoms with Gasteiger partial charge in [0.15, 0.2) is 0 Å². The van der Waals surface area contributed by atoms with Gasteiger partial charge in [0.05, 0.1) is 12.1 Å². The molecule has 0 fully saturated rings. The van der Waals surface area contributed by atoms with Gasteiger partial charge in [0.25, 0.3) is 0 Å². The van der Waals surface area contributed by atoms with E-state index in [1.165, 1.54) is 6.26 Å². The Kier molecular flexibility index (Phi) is 3.91. The average molecular weight is 211 g/mol. The zero-order valence-corrected chi connectivity index (χ0v) is 9.36. The molecule has 0 saturated heterocycles. The molecule has 0 unspecified atom stereocenters. The Morgan fingerprint density at radius 2 is 2.27 bits per heavy atom. The monoisotopic (exact) mass is 211 g/mol. The number of carboxylic acid groups (broad SMARTS) is 1. The maximum absolute atomic E-state index is 10.6. The number of hydrogen-bond acceptors (Lipinski definition) is 3. The first kappa shape index (κ1) is 11.8. The summed E-state index contributed by atoms with van der Waals surface area (Å²) in [5.74, 6) is 0.330. The van der Waals surface area contributed by atoms with Crippen LogP contribution in [0.15, 0.2) is 16.7 Å². The van der Waals surface area contributed by atoms with Gasteiger partial charge in [-0.3, -0.25) is 4.90 Å². The first-order valence-corrected chi connectivity index (χ1v) is 4.98. The minimum Gasteiger partial charge on any atom is -0.478 e. The Labute approximate surface area is 89.5 Å². The summed E-state index contributed by atoms with van der Waals surface area (Å²) in [7, 11) is 1.99. The molecule has 4 heteroatoms. The first-order valence-electron chi connectivity index (χ1n) is 4.98. The van der Waals surface area contributed by atoms with E-state index in [2.05, 4.69) is 18.7 Å². The third-order valence-electron chi connectivity index (χ3n) is 2.00.